The molecule has 0 radical (unpaired) electrons. The normalized spacial score (nSPS) is 20.2. The molecule has 112 valence electrons. The highest BCUT2D eigenvalue weighted by molar-refractivity contribution is 5.77. The number of carbonyl (C=O) groups is 1. The number of amides is 1. The van der Waals surface area contributed by atoms with Gasteiger partial charge in [-0.2, -0.15) is 18.3 Å². The van der Waals surface area contributed by atoms with E-state index in [2.05, 4.69) is 5.10 Å². The lowest BCUT2D eigenvalue weighted by atomic mass is 10.0. The van der Waals surface area contributed by atoms with Crippen molar-refractivity contribution in [1.29, 1.82) is 0 Å². The minimum Gasteiger partial charge on any atom is -0.338 e. The molecule has 0 aromatic carbocycles. The van der Waals surface area contributed by atoms with Crippen molar-refractivity contribution < 1.29 is 18.0 Å². The topological polar surface area (TPSA) is 38.1 Å². The Kier molecular flexibility index (Phi) is 4.35. The van der Waals surface area contributed by atoms with Gasteiger partial charge >= 0.3 is 6.18 Å². The molecule has 1 aliphatic heterocycles. The summed E-state index contributed by atoms with van der Waals surface area (Å²) in [4.78, 5) is 13.2. The van der Waals surface area contributed by atoms with Crippen LogP contribution < -0.4 is 0 Å². The van der Waals surface area contributed by atoms with Crippen molar-refractivity contribution in [3.05, 3.63) is 18.0 Å². The minimum absolute atomic E-state index is 0.196. The van der Waals surface area contributed by atoms with Gasteiger partial charge in [0, 0.05) is 12.7 Å². The molecule has 1 unspecified atom stereocenters. The molecule has 0 aliphatic carbocycles. The number of alkyl halides is 3. The van der Waals surface area contributed by atoms with E-state index >= 15 is 0 Å². The summed E-state index contributed by atoms with van der Waals surface area (Å²) < 4.78 is 38.8. The number of rotatable bonds is 3. The zero-order valence-electron chi connectivity index (χ0n) is 11.4. The maximum Gasteiger partial charge on any atom is 0.397 e. The van der Waals surface area contributed by atoms with Crippen molar-refractivity contribution in [3.8, 4) is 0 Å². The molecule has 0 bridgehead atoms. The van der Waals surface area contributed by atoms with Gasteiger partial charge in [0.05, 0.1) is 18.8 Å². The number of aromatic nitrogens is 2. The molecule has 1 amide bonds. The van der Waals surface area contributed by atoms with Crippen LogP contribution in [0.3, 0.4) is 0 Å². The van der Waals surface area contributed by atoms with Crippen LogP contribution in [-0.4, -0.2) is 39.4 Å². The van der Waals surface area contributed by atoms with Crippen LogP contribution in [0.2, 0.25) is 0 Å². The third-order valence-electron chi connectivity index (χ3n) is 3.46. The van der Waals surface area contributed by atoms with E-state index in [-0.39, 0.29) is 6.04 Å². The maximum absolute atomic E-state index is 12.4. The molecule has 1 aliphatic rings. The van der Waals surface area contributed by atoms with E-state index in [1.807, 2.05) is 13.1 Å². The van der Waals surface area contributed by atoms with E-state index < -0.39 is 18.5 Å². The summed E-state index contributed by atoms with van der Waals surface area (Å²) in [5.41, 5.74) is 0.994. The number of piperidine rings is 1. The first-order chi connectivity index (χ1) is 9.35. The van der Waals surface area contributed by atoms with Gasteiger partial charge in [0.15, 0.2) is 0 Å². The molecule has 2 rings (SSSR count). The van der Waals surface area contributed by atoms with Gasteiger partial charge in [-0.3, -0.25) is 9.48 Å². The zero-order valence-corrected chi connectivity index (χ0v) is 11.4. The van der Waals surface area contributed by atoms with Gasteiger partial charge in [0.2, 0.25) is 5.91 Å². The summed E-state index contributed by atoms with van der Waals surface area (Å²) in [7, 11) is 0. The summed E-state index contributed by atoms with van der Waals surface area (Å²) in [6.07, 6.45) is 0.135. The van der Waals surface area contributed by atoms with Crippen LogP contribution in [0.25, 0.3) is 0 Å². The SMILES string of the molecule is Cc1cnn(CC2CCCCN2C(=O)CC(F)(F)F)c1. The van der Waals surface area contributed by atoms with Gasteiger partial charge < -0.3 is 4.90 Å². The Morgan fingerprint density at radius 2 is 2.20 bits per heavy atom. The van der Waals surface area contributed by atoms with Crippen molar-refractivity contribution in [2.75, 3.05) is 6.54 Å². The smallest absolute Gasteiger partial charge is 0.338 e. The summed E-state index contributed by atoms with van der Waals surface area (Å²) in [6.45, 7) is 2.76. The van der Waals surface area contributed by atoms with Crippen molar-refractivity contribution in [3.63, 3.8) is 0 Å². The van der Waals surface area contributed by atoms with Crippen molar-refractivity contribution in [2.24, 2.45) is 0 Å². The zero-order chi connectivity index (χ0) is 14.8. The van der Waals surface area contributed by atoms with E-state index in [0.29, 0.717) is 13.1 Å². The molecule has 0 N–H and O–H groups in total. The van der Waals surface area contributed by atoms with Gasteiger partial charge in [0.25, 0.3) is 0 Å². The van der Waals surface area contributed by atoms with Crippen LogP contribution in [0.4, 0.5) is 13.2 Å². The molecule has 1 saturated heterocycles. The Morgan fingerprint density at radius 1 is 1.45 bits per heavy atom. The first kappa shape index (κ1) is 14.9. The average molecular weight is 289 g/mol. The van der Waals surface area contributed by atoms with E-state index in [1.54, 1.807) is 10.9 Å². The molecule has 0 saturated carbocycles. The van der Waals surface area contributed by atoms with Gasteiger partial charge in [0.1, 0.15) is 6.42 Å². The monoisotopic (exact) mass is 289 g/mol. The molecule has 1 atom stereocenters. The molecule has 1 aromatic rings. The Hall–Kier alpha value is -1.53. The number of hydrogen-bond donors (Lipinski definition) is 0. The molecule has 2 heterocycles. The number of hydrogen-bond acceptors (Lipinski definition) is 2. The lowest BCUT2D eigenvalue weighted by Gasteiger charge is -2.36. The highest BCUT2D eigenvalue weighted by Crippen LogP contribution is 2.25. The molecular formula is C13H18F3N3O. The van der Waals surface area contributed by atoms with Crippen molar-refractivity contribution in [2.45, 2.75) is 51.4 Å². The predicted molar refractivity (Wildman–Crippen MR) is 67.0 cm³/mol. The fourth-order valence-corrected chi connectivity index (χ4v) is 2.57. The van der Waals surface area contributed by atoms with E-state index in [9.17, 15) is 18.0 Å². The Morgan fingerprint density at radius 3 is 2.80 bits per heavy atom. The van der Waals surface area contributed by atoms with Crippen LogP contribution in [0, 0.1) is 6.92 Å². The van der Waals surface area contributed by atoms with Crippen LogP contribution >= 0.6 is 0 Å². The summed E-state index contributed by atoms with van der Waals surface area (Å²) in [6, 6.07) is -0.196. The van der Waals surface area contributed by atoms with E-state index in [0.717, 1.165) is 24.8 Å². The first-order valence-corrected chi connectivity index (χ1v) is 6.70. The third-order valence-corrected chi connectivity index (χ3v) is 3.46. The molecular weight excluding hydrogens is 271 g/mol. The van der Waals surface area contributed by atoms with Crippen LogP contribution in [0.15, 0.2) is 12.4 Å². The lowest BCUT2D eigenvalue weighted by Crippen LogP contribution is -2.47. The highest BCUT2D eigenvalue weighted by atomic mass is 19.4. The number of nitrogens with zero attached hydrogens (tertiary/aromatic N) is 3. The number of carbonyl (C=O) groups excluding carboxylic acids is 1. The van der Waals surface area contributed by atoms with Crippen LogP contribution in [0.1, 0.15) is 31.2 Å². The van der Waals surface area contributed by atoms with Gasteiger partial charge in [-0.05, 0) is 31.7 Å². The Bertz CT molecular complexity index is 470. The quantitative estimate of drug-likeness (QED) is 0.857. The summed E-state index contributed by atoms with van der Waals surface area (Å²) >= 11 is 0. The molecule has 7 heteroatoms. The number of halogens is 3. The summed E-state index contributed by atoms with van der Waals surface area (Å²) in [5.74, 6) is -0.828. The maximum atomic E-state index is 12.4. The lowest BCUT2D eigenvalue weighted by molar-refractivity contribution is -0.164. The second-order valence-corrected chi connectivity index (χ2v) is 5.27. The van der Waals surface area contributed by atoms with Gasteiger partial charge in [-0.25, -0.2) is 0 Å². The van der Waals surface area contributed by atoms with E-state index in [1.165, 1.54) is 4.90 Å². The Balaban J connectivity index is 2.03. The molecule has 1 fully saturated rings. The van der Waals surface area contributed by atoms with Crippen LogP contribution in [0.5, 0.6) is 0 Å². The standard InChI is InChI=1S/C13H18F3N3O/c1-10-7-17-18(8-10)9-11-4-2-3-5-19(11)12(20)6-13(14,15)16/h7-8,11H,2-6,9H2,1H3. The average Bonchev–Trinajstić information content (AvgIpc) is 2.73. The molecule has 0 spiro atoms. The van der Waals surface area contributed by atoms with Gasteiger partial charge in [-0.1, -0.05) is 0 Å². The minimum atomic E-state index is -4.44. The van der Waals surface area contributed by atoms with Crippen molar-refractivity contribution in [1.82, 2.24) is 14.7 Å². The van der Waals surface area contributed by atoms with Gasteiger partial charge in [-0.15, -0.1) is 0 Å². The first-order valence-electron chi connectivity index (χ1n) is 6.70. The van der Waals surface area contributed by atoms with Crippen molar-refractivity contribution >= 4 is 5.91 Å². The molecule has 4 nitrogen and oxygen atoms in total. The van der Waals surface area contributed by atoms with Crippen LogP contribution in [-0.2, 0) is 11.3 Å². The summed E-state index contributed by atoms with van der Waals surface area (Å²) in [5, 5.41) is 4.13. The predicted octanol–water partition coefficient (Wildman–Crippen LogP) is 2.53. The second kappa shape index (κ2) is 5.85. The molecule has 20 heavy (non-hydrogen) atoms. The highest BCUT2D eigenvalue weighted by Gasteiger charge is 2.36. The largest absolute Gasteiger partial charge is 0.397 e. The van der Waals surface area contributed by atoms with E-state index in [4.69, 9.17) is 0 Å². The fourth-order valence-electron chi connectivity index (χ4n) is 2.57. The molecule has 1 aromatic heterocycles. The fraction of sp³-hybridized carbons (Fsp3) is 0.692. The number of likely N-dealkylation sites (tertiary alicyclic amines) is 1. The Labute approximate surface area is 115 Å². The second-order valence-electron chi connectivity index (χ2n) is 5.27. The third kappa shape index (κ3) is 3.98. The number of aryl methyl sites for hydroxylation is 1.